The molecular weight excluding hydrogens is 627 g/mol. The number of anilines is 3. The molecule has 0 saturated heterocycles. The van der Waals surface area contributed by atoms with E-state index in [4.69, 9.17) is 4.74 Å². The van der Waals surface area contributed by atoms with Gasteiger partial charge in [0.15, 0.2) is 5.75 Å². The normalized spacial score (nSPS) is 13.1. The molecule has 6 rings (SSSR count). The first-order chi connectivity index (χ1) is 23.6. The monoisotopic (exact) mass is 660 g/mol. The number of carbonyl (C=O) groups is 2. The van der Waals surface area contributed by atoms with Crippen molar-refractivity contribution >= 4 is 34.6 Å². The summed E-state index contributed by atoms with van der Waals surface area (Å²) in [5, 5.41) is 30.9. The zero-order valence-corrected chi connectivity index (χ0v) is 26.7. The minimum absolute atomic E-state index is 0.121. The van der Waals surface area contributed by atoms with Gasteiger partial charge in [-0.1, -0.05) is 49.4 Å². The van der Waals surface area contributed by atoms with Crippen LogP contribution in [0.5, 0.6) is 11.5 Å². The van der Waals surface area contributed by atoms with Gasteiger partial charge < -0.3 is 25.8 Å². The van der Waals surface area contributed by atoms with Gasteiger partial charge in [-0.3, -0.25) is 19.7 Å². The van der Waals surface area contributed by atoms with Crippen molar-refractivity contribution in [3.05, 3.63) is 141 Å². The number of hydrogen-bond donors (Lipinski definition) is 4. The fraction of sp³-hybridized carbons (Fsp3) is 0.158. The quantitative estimate of drug-likeness (QED) is 0.0886. The van der Waals surface area contributed by atoms with Crippen molar-refractivity contribution in [2.24, 2.45) is 0 Å². The van der Waals surface area contributed by atoms with Crippen LogP contribution in [0.3, 0.4) is 0 Å². The fourth-order valence-corrected chi connectivity index (χ4v) is 5.98. The highest BCUT2D eigenvalue weighted by atomic mass is 19.1. The molecule has 2 amide bonds. The van der Waals surface area contributed by atoms with Crippen LogP contribution in [-0.4, -0.2) is 35.5 Å². The van der Waals surface area contributed by atoms with Gasteiger partial charge >= 0.3 is 5.69 Å². The molecule has 0 fully saturated rings. The average Bonchev–Trinajstić information content (AvgIpc) is 3.24. The molecule has 0 radical (unpaired) electrons. The Bertz CT molecular complexity index is 2100. The largest absolute Gasteiger partial charge is 0.507 e. The molecule has 1 atom stereocenters. The summed E-state index contributed by atoms with van der Waals surface area (Å²) in [7, 11) is 1.37. The SMILES string of the molecule is COc1cc(-c2ccc3c(c2)Nc2ccc(C(C)(CCc4ccccc4F)CNC(=O)c4ccccc4O)cc2NC3=O)ccc1[N+](=O)[O-]. The lowest BCUT2D eigenvalue weighted by Crippen LogP contribution is -2.39. The second kappa shape index (κ2) is 13.5. The number of amides is 2. The first-order valence-electron chi connectivity index (χ1n) is 15.6. The van der Waals surface area contributed by atoms with Gasteiger partial charge in [0.05, 0.1) is 40.2 Å². The number of halogens is 1. The van der Waals surface area contributed by atoms with E-state index < -0.39 is 16.2 Å². The molecule has 1 aliphatic rings. The fourth-order valence-electron chi connectivity index (χ4n) is 5.98. The highest BCUT2D eigenvalue weighted by molar-refractivity contribution is 6.12. The number of rotatable bonds is 10. The van der Waals surface area contributed by atoms with E-state index >= 15 is 0 Å². The molecule has 10 nitrogen and oxygen atoms in total. The van der Waals surface area contributed by atoms with Crippen LogP contribution in [0.2, 0.25) is 0 Å². The number of carbonyl (C=O) groups excluding carboxylic acids is 2. The Balaban J connectivity index is 1.31. The molecular formula is C38H33FN4O6. The molecule has 248 valence electrons. The maximum Gasteiger partial charge on any atom is 0.310 e. The summed E-state index contributed by atoms with van der Waals surface area (Å²) in [5.74, 6) is -1.12. The summed E-state index contributed by atoms with van der Waals surface area (Å²) in [6.45, 7) is 2.13. The third-order valence-corrected chi connectivity index (χ3v) is 8.90. The van der Waals surface area contributed by atoms with Gasteiger partial charge in [0.1, 0.15) is 11.6 Å². The van der Waals surface area contributed by atoms with Gasteiger partial charge in [-0.2, -0.15) is 0 Å². The van der Waals surface area contributed by atoms with Gasteiger partial charge in [-0.05, 0) is 89.7 Å². The number of para-hydroxylation sites is 1. The third kappa shape index (κ3) is 6.77. The number of phenols is 1. The number of ether oxygens (including phenoxy) is 1. The number of nitro groups is 1. The van der Waals surface area contributed by atoms with E-state index in [1.165, 1.54) is 31.4 Å². The van der Waals surface area contributed by atoms with E-state index in [2.05, 4.69) is 16.0 Å². The number of aromatic hydroxyl groups is 1. The van der Waals surface area contributed by atoms with Gasteiger partial charge in [0.25, 0.3) is 11.8 Å². The molecule has 1 aliphatic heterocycles. The Morgan fingerprint density at radius 1 is 0.918 bits per heavy atom. The molecule has 1 unspecified atom stereocenters. The summed E-state index contributed by atoms with van der Waals surface area (Å²) < 4.78 is 19.9. The Hall–Kier alpha value is -6.23. The number of methoxy groups -OCH3 is 1. The van der Waals surface area contributed by atoms with Crippen LogP contribution in [0.4, 0.5) is 27.1 Å². The number of hydrogen-bond acceptors (Lipinski definition) is 7. The molecule has 0 bridgehead atoms. The zero-order chi connectivity index (χ0) is 34.7. The molecule has 5 aromatic carbocycles. The van der Waals surface area contributed by atoms with E-state index in [1.807, 2.05) is 25.1 Å². The van der Waals surface area contributed by atoms with E-state index in [-0.39, 0.29) is 41.0 Å². The second-order valence-corrected chi connectivity index (χ2v) is 12.1. The number of benzene rings is 5. The summed E-state index contributed by atoms with van der Waals surface area (Å²) in [6.07, 6.45) is 0.844. The highest BCUT2D eigenvalue weighted by Gasteiger charge is 2.30. The van der Waals surface area contributed by atoms with Crippen LogP contribution in [0.1, 0.15) is 45.2 Å². The van der Waals surface area contributed by atoms with Crippen molar-refractivity contribution in [1.29, 1.82) is 0 Å². The van der Waals surface area contributed by atoms with Crippen molar-refractivity contribution in [1.82, 2.24) is 5.32 Å². The Morgan fingerprint density at radius 3 is 2.41 bits per heavy atom. The first-order valence-corrected chi connectivity index (χ1v) is 15.6. The van der Waals surface area contributed by atoms with Crippen LogP contribution in [0, 0.1) is 15.9 Å². The lowest BCUT2D eigenvalue weighted by Gasteiger charge is -2.32. The van der Waals surface area contributed by atoms with Crippen LogP contribution in [0.25, 0.3) is 11.1 Å². The van der Waals surface area contributed by atoms with Gasteiger partial charge in [0, 0.05) is 18.0 Å². The molecule has 0 saturated carbocycles. The van der Waals surface area contributed by atoms with Crippen molar-refractivity contribution in [2.45, 2.75) is 25.2 Å². The van der Waals surface area contributed by atoms with E-state index in [9.17, 15) is 29.2 Å². The summed E-state index contributed by atoms with van der Waals surface area (Å²) in [5.41, 5.74) is 4.08. The molecule has 49 heavy (non-hydrogen) atoms. The molecule has 0 aliphatic carbocycles. The number of phenolic OH excluding ortho intramolecular Hbond substituents is 1. The predicted octanol–water partition coefficient (Wildman–Crippen LogP) is 7.74. The number of aryl methyl sites for hydroxylation is 1. The standard InChI is InChI=1S/C38H33FN4O6/c1-38(18-17-23-7-3-5-9-29(23)39,22-40-36(45)28-8-4-6-10-34(28)44)26-13-15-30-32(21-26)42-37(46)27-14-11-24(19-31(27)41-30)25-12-16-33(43(47)48)35(20-25)49-2/h3-16,19-21,41,44H,17-18,22H2,1-2H3,(H,40,45)(H,42,46). The predicted molar refractivity (Wildman–Crippen MR) is 185 cm³/mol. The molecule has 0 spiro atoms. The molecule has 0 aromatic heterocycles. The van der Waals surface area contributed by atoms with Crippen molar-refractivity contribution in [3.8, 4) is 22.6 Å². The third-order valence-electron chi connectivity index (χ3n) is 8.90. The minimum atomic E-state index is -0.719. The smallest absolute Gasteiger partial charge is 0.310 e. The van der Waals surface area contributed by atoms with Gasteiger partial charge in [-0.15, -0.1) is 0 Å². The highest BCUT2D eigenvalue weighted by Crippen LogP contribution is 2.40. The second-order valence-electron chi connectivity index (χ2n) is 12.1. The van der Waals surface area contributed by atoms with Crippen LogP contribution in [-0.2, 0) is 11.8 Å². The lowest BCUT2D eigenvalue weighted by atomic mass is 9.77. The Labute approximate surface area is 281 Å². The Kier molecular flexibility index (Phi) is 9.00. The summed E-state index contributed by atoms with van der Waals surface area (Å²) in [6, 6.07) is 28.3. The zero-order valence-electron chi connectivity index (χ0n) is 26.7. The number of fused-ring (bicyclic) bond motifs is 2. The van der Waals surface area contributed by atoms with Crippen LogP contribution >= 0.6 is 0 Å². The van der Waals surface area contributed by atoms with Crippen molar-refractivity contribution in [2.75, 3.05) is 24.3 Å². The number of nitro benzene ring substituents is 1. The molecule has 1 heterocycles. The van der Waals surface area contributed by atoms with Gasteiger partial charge in [-0.25, -0.2) is 4.39 Å². The van der Waals surface area contributed by atoms with E-state index in [0.29, 0.717) is 52.2 Å². The minimum Gasteiger partial charge on any atom is -0.507 e. The lowest BCUT2D eigenvalue weighted by molar-refractivity contribution is -0.385. The molecule has 11 heteroatoms. The van der Waals surface area contributed by atoms with Crippen molar-refractivity contribution < 1.29 is 28.7 Å². The number of nitrogens with one attached hydrogen (secondary N) is 3. The maximum absolute atomic E-state index is 14.6. The van der Waals surface area contributed by atoms with Crippen molar-refractivity contribution in [3.63, 3.8) is 0 Å². The average molecular weight is 661 g/mol. The first kappa shape index (κ1) is 32.7. The van der Waals surface area contributed by atoms with Gasteiger partial charge in [0.2, 0.25) is 0 Å². The topological polar surface area (TPSA) is 143 Å². The van der Waals surface area contributed by atoms with Crippen LogP contribution < -0.4 is 20.7 Å². The van der Waals surface area contributed by atoms with E-state index in [0.717, 1.165) is 5.56 Å². The van der Waals surface area contributed by atoms with Crippen LogP contribution in [0.15, 0.2) is 103 Å². The van der Waals surface area contributed by atoms with E-state index in [1.54, 1.807) is 60.7 Å². The molecule has 5 aromatic rings. The maximum atomic E-state index is 14.6. The molecule has 4 N–H and O–H groups in total. The summed E-state index contributed by atoms with van der Waals surface area (Å²) >= 11 is 0. The number of nitrogens with zero attached hydrogens (tertiary/aromatic N) is 1. The Morgan fingerprint density at radius 2 is 1.65 bits per heavy atom. The summed E-state index contributed by atoms with van der Waals surface area (Å²) in [4.78, 5) is 37.4.